The molecule has 0 fully saturated rings. The predicted molar refractivity (Wildman–Crippen MR) is 117 cm³/mol. The number of halogens is 2. The molecule has 0 spiro atoms. The molecule has 4 nitrogen and oxygen atoms in total. The molecule has 0 radical (unpaired) electrons. The quantitative estimate of drug-likeness (QED) is 0.462. The summed E-state index contributed by atoms with van der Waals surface area (Å²) in [4.78, 5) is 28.1. The summed E-state index contributed by atoms with van der Waals surface area (Å²) in [7, 11) is 0. The molecule has 4 rings (SSSR count). The summed E-state index contributed by atoms with van der Waals surface area (Å²) < 4.78 is 19.0. The molecule has 0 unspecified atom stereocenters. The number of carbonyl (C=O) groups is 2. The Hall–Kier alpha value is -2.83. The molecule has 152 valence electrons. The highest BCUT2D eigenvalue weighted by atomic mass is 35.5. The van der Waals surface area contributed by atoms with Crippen LogP contribution in [0.1, 0.15) is 22.5 Å². The van der Waals surface area contributed by atoms with E-state index in [0.29, 0.717) is 27.6 Å². The normalized spacial score (nSPS) is 14.2. The zero-order valence-electron chi connectivity index (χ0n) is 16.2. The van der Waals surface area contributed by atoms with Crippen LogP contribution in [0.2, 0.25) is 5.02 Å². The van der Waals surface area contributed by atoms with E-state index in [2.05, 4.69) is 0 Å². The molecule has 0 saturated carbocycles. The van der Waals surface area contributed by atoms with E-state index in [0.717, 1.165) is 22.1 Å². The molecule has 2 aromatic carbocycles. The van der Waals surface area contributed by atoms with Gasteiger partial charge in [-0.05, 0) is 55.3 Å². The van der Waals surface area contributed by atoms with Crippen molar-refractivity contribution in [1.82, 2.24) is 0 Å². The number of hydrogen-bond acceptors (Lipinski definition) is 4. The fourth-order valence-corrected chi connectivity index (χ4v) is 4.55. The van der Waals surface area contributed by atoms with Crippen LogP contribution in [-0.2, 0) is 15.3 Å². The van der Waals surface area contributed by atoms with Crippen LogP contribution in [0.15, 0.2) is 64.1 Å². The van der Waals surface area contributed by atoms with Crippen LogP contribution < -0.4 is 4.90 Å². The number of amides is 2. The van der Waals surface area contributed by atoms with Gasteiger partial charge in [-0.15, -0.1) is 11.8 Å². The lowest BCUT2D eigenvalue weighted by Crippen LogP contribution is -2.31. The van der Waals surface area contributed by atoms with E-state index in [1.165, 1.54) is 23.9 Å². The van der Waals surface area contributed by atoms with E-state index < -0.39 is 17.6 Å². The van der Waals surface area contributed by atoms with Gasteiger partial charge in [-0.1, -0.05) is 35.4 Å². The van der Waals surface area contributed by atoms with Crippen molar-refractivity contribution in [2.24, 2.45) is 0 Å². The van der Waals surface area contributed by atoms with Crippen molar-refractivity contribution in [3.63, 3.8) is 0 Å². The third-order valence-electron chi connectivity index (χ3n) is 4.79. The maximum atomic E-state index is 13.6. The number of rotatable bonds is 5. The Morgan fingerprint density at radius 3 is 2.53 bits per heavy atom. The van der Waals surface area contributed by atoms with E-state index in [4.69, 9.17) is 16.0 Å². The minimum Gasteiger partial charge on any atom is -0.468 e. The van der Waals surface area contributed by atoms with Crippen LogP contribution in [0, 0.1) is 19.7 Å². The van der Waals surface area contributed by atoms with E-state index in [1.807, 2.05) is 38.1 Å². The molecule has 3 aromatic rings. The third-order valence-corrected chi connectivity index (χ3v) is 6.18. The first-order valence-electron chi connectivity index (χ1n) is 9.17. The first kappa shape index (κ1) is 20.4. The molecule has 0 bridgehead atoms. The fourth-order valence-electron chi connectivity index (χ4n) is 3.37. The van der Waals surface area contributed by atoms with Crippen molar-refractivity contribution in [1.29, 1.82) is 0 Å². The van der Waals surface area contributed by atoms with Crippen molar-refractivity contribution in [3.05, 3.63) is 93.0 Å². The predicted octanol–water partition coefficient (Wildman–Crippen LogP) is 5.91. The maximum absolute atomic E-state index is 13.6. The van der Waals surface area contributed by atoms with Crippen LogP contribution in [0.3, 0.4) is 0 Å². The molecule has 2 heterocycles. The van der Waals surface area contributed by atoms with Gasteiger partial charge in [0.15, 0.2) is 0 Å². The fraction of sp³-hybridized carbons (Fsp3) is 0.130. The average Bonchev–Trinajstić information content (AvgIpc) is 3.29. The Morgan fingerprint density at radius 2 is 1.87 bits per heavy atom. The van der Waals surface area contributed by atoms with Crippen LogP contribution in [-0.4, -0.2) is 11.8 Å². The van der Waals surface area contributed by atoms with Crippen molar-refractivity contribution in [3.8, 4) is 0 Å². The summed E-state index contributed by atoms with van der Waals surface area (Å²) in [5.41, 5.74) is 3.19. The molecule has 0 atom stereocenters. The van der Waals surface area contributed by atoms with E-state index in [9.17, 15) is 14.0 Å². The van der Waals surface area contributed by atoms with Gasteiger partial charge in [0, 0.05) is 0 Å². The maximum Gasteiger partial charge on any atom is 0.272 e. The van der Waals surface area contributed by atoms with Gasteiger partial charge in [0.1, 0.15) is 11.6 Å². The van der Waals surface area contributed by atoms with Crippen molar-refractivity contribution >= 4 is 46.4 Å². The zero-order chi connectivity index (χ0) is 21.4. The summed E-state index contributed by atoms with van der Waals surface area (Å²) in [6.07, 6.45) is 1.56. The lowest BCUT2D eigenvalue weighted by molar-refractivity contribution is -0.119. The highest BCUT2D eigenvalue weighted by Gasteiger charge is 2.41. The van der Waals surface area contributed by atoms with E-state index in [1.54, 1.807) is 12.3 Å². The Balaban J connectivity index is 1.80. The summed E-state index contributed by atoms with van der Waals surface area (Å²) in [6.45, 7) is 3.87. The number of benzene rings is 2. The SMILES string of the molecule is Cc1ccc(C2=C(SCc3ccco3)C(=O)N(c3ccc(F)c(Cl)c3)C2=O)c(C)c1. The monoisotopic (exact) mass is 441 g/mol. The summed E-state index contributed by atoms with van der Waals surface area (Å²) >= 11 is 7.14. The number of aryl methyl sites for hydroxylation is 2. The number of furan rings is 1. The lowest BCUT2D eigenvalue weighted by atomic mass is 9.99. The van der Waals surface area contributed by atoms with Crippen LogP contribution in [0.5, 0.6) is 0 Å². The minimum atomic E-state index is -0.616. The second-order valence-electron chi connectivity index (χ2n) is 6.93. The van der Waals surface area contributed by atoms with Gasteiger partial charge < -0.3 is 4.42 Å². The molecule has 1 aliphatic rings. The highest BCUT2D eigenvalue weighted by molar-refractivity contribution is 8.03. The molecule has 0 saturated heterocycles. The molecule has 7 heteroatoms. The number of anilines is 1. The average molecular weight is 442 g/mol. The Kier molecular flexibility index (Phi) is 5.54. The van der Waals surface area contributed by atoms with Gasteiger partial charge in [-0.3, -0.25) is 9.59 Å². The molecular weight excluding hydrogens is 425 g/mol. The van der Waals surface area contributed by atoms with Gasteiger partial charge in [-0.25, -0.2) is 9.29 Å². The second-order valence-corrected chi connectivity index (χ2v) is 8.33. The standard InChI is InChI=1S/C23H17ClFNO3S/c1-13-5-7-17(14(2)10-13)20-21(30-12-16-4-3-9-29-16)23(28)26(22(20)27)15-6-8-19(25)18(24)11-15/h3-11H,12H2,1-2H3. The van der Waals surface area contributed by atoms with E-state index in [-0.39, 0.29) is 10.7 Å². The second kappa shape index (κ2) is 8.13. The van der Waals surface area contributed by atoms with Crippen LogP contribution in [0.4, 0.5) is 10.1 Å². The molecule has 0 N–H and O–H groups in total. The highest BCUT2D eigenvalue weighted by Crippen LogP contribution is 2.41. The summed E-state index contributed by atoms with van der Waals surface area (Å²) in [5, 5.41) is -0.155. The van der Waals surface area contributed by atoms with Gasteiger partial charge in [-0.2, -0.15) is 0 Å². The Labute approximate surface area is 182 Å². The number of imide groups is 1. The Morgan fingerprint density at radius 1 is 1.07 bits per heavy atom. The third kappa shape index (κ3) is 3.68. The first-order valence-corrected chi connectivity index (χ1v) is 10.5. The smallest absolute Gasteiger partial charge is 0.272 e. The van der Waals surface area contributed by atoms with Gasteiger partial charge in [0.2, 0.25) is 0 Å². The molecule has 0 aliphatic carbocycles. The van der Waals surface area contributed by atoms with Crippen molar-refractivity contribution in [2.75, 3.05) is 4.90 Å². The molecule has 30 heavy (non-hydrogen) atoms. The summed E-state index contributed by atoms with van der Waals surface area (Å²) in [6, 6.07) is 13.1. The molecule has 1 aromatic heterocycles. The molecule has 1 aliphatic heterocycles. The zero-order valence-corrected chi connectivity index (χ0v) is 17.8. The van der Waals surface area contributed by atoms with E-state index >= 15 is 0 Å². The number of nitrogens with zero attached hydrogens (tertiary/aromatic N) is 1. The van der Waals surface area contributed by atoms with Gasteiger partial charge in [0.05, 0.1) is 33.2 Å². The lowest BCUT2D eigenvalue weighted by Gasteiger charge is -2.16. The summed E-state index contributed by atoms with van der Waals surface area (Å²) in [5.74, 6) is -0.454. The Bertz CT molecular complexity index is 1190. The number of thioether (sulfide) groups is 1. The topological polar surface area (TPSA) is 50.5 Å². The largest absolute Gasteiger partial charge is 0.468 e. The number of hydrogen-bond donors (Lipinski definition) is 0. The molecular formula is C23H17ClFNO3S. The van der Waals surface area contributed by atoms with Gasteiger partial charge >= 0.3 is 0 Å². The first-order chi connectivity index (χ1) is 14.4. The number of carbonyl (C=O) groups excluding carboxylic acids is 2. The minimum absolute atomic E-state index is 0.155. The van der Waals surface area contributed by atoms with Crippen LogP contribution in [0.25, 0.3) is 5.57 Å². The van der Waals surface area contributed by atoms with Crippen molar-refractivity contribution in [2.45, 2.75) is 19.6 Å². The van der Waals surface area contributed by atoms with Crippen molar-refractivity contribution < 1.29 is 18.4 Å². The molecule has 2 amide bonds. The van der Waals surface area contributed by atoms with Gasteiger partial charge in [0.25, 0.3) is 11.8 Å². The van der Waals surface area contributed by atoms with Crippen LogP contribution >= 0.6 is 23.4 Å².